The first kappa shape index (κ1) is 22.8. The molecule has 1 nitrogen and oxygen atoms in total. The largest absolute Gasteiger partial charge is 1.00 e. The second-order valence-corrected chi connectivity index (χ2v) is 12.3. The van der Waals surface area contributed by atoms with E-state index in [4.69, 9.17) is 0 Å². The zero-order valence-corrected chi connectivity index (χ0v) is 20.2. The molecule has 2 aromatic rings. The van der Waals surface area contributed by atoms with Crippen LogP contribution in [-0.2, 0) is 30.0 Å². The van der Waals surface area contributed by atoms with Crippen molar-refractivity contribution in [3.05, 3.63) is 53.1 Å². The minimum Gasteiger partial charge on any atom is -1.00 e. The van der Waals surface area contributed by atoms with Crippen LogP contribution in [0.2, 0.25) is 3.72 Å². The van der Waals surface area contributed by atoms with Gasteiger partial charge in [0, 0.05) is 0 Å². The number of allylic oxidation sites excluding steroid dienone is 4. The van der Waals surface area contributed by atoms with Crippen LogP contribution in [0.4, 0.5) is 0 Å². The molecule has 0 amide bonds. The Morgan fingerprint density at radius 2 is 1.70 bits per heavy atom. The summed E-state index contributed by atoms with van der Waals surface area (Å²) in [4.78, 5) is 3.88. The van der Waals surface area contributed by atoms with E-state index >= 15 is 0 Å². The number of hydrogen-bond donors (Lipinski definition) is 1. The van der Waals surface area contributed by atoms with Crippen molar-refractivity contribution in [1.82, 2.24) is 4.98 Å². The summed E-state index contributed by atoms with van der Waals surface area (Å²) in [6, 6.07) is 6.82. The first-order valence-corrected chi connectivity index (χ1v) is 11.0. The molecule has 1 fully saturated rings. The Labute approximate surface area is 185 Å². The van der Waals surface area contributed by atoms with E-state index in [-0.39, 0.29) is 54.8 Å². The van der Waals surface area contributed by atoms with E-state index in [0.717, 1.165) is 0 Å². The van der Waals surface area contributed by atoms with Gasteiger partial charge in [0.2, 0.25) is 0 Å². The Morgan fingerprint density at radius 3 is 2.22 bits per heavy atom. The van der Waals surface area contributed by atoms with Crippen molar-refractivity contribution in [2.75, 3.05) is 0 Å². The summed E-state index contributed by atoms with van der Waals surface area (Å²) in [6.07, 6.45) is 9.81. The van der Waals surface area contributed by atoms with Crippen LogP contribution in [0.1, 0.15) is 65.5 Å². The molecule has 0 aliphatic heterocycles. The molecule has 1 saturated carbocycles. The summed E-state index contributed by atoms with van der Waals surface area (Å²) in [7, 11) is 0. The Hall–Kier alpha value is -0.466. The quantitative estimate of drug-likeness (QED) is 0.633. The SMILES string of the molecule is CC(C)(C)c1cccc2[nH][c]([Ti+2][C]34C=CC=C3CC4)c(C(C)(C)C)c12.[Cl-].[Cl-]. The number of fused-ring (bicyclic) bond motifs is 2. The Kier molecular flexibility index (Phi) is 6.27. The number of halogens is 2. The van der Waals surface area contributed by atoms with Crippen molar-refractivity contribution in [1.29, 1.82) is 0 Å². The van der Waals surface area contributed by atoms with E-state index in [1.165, 1.54) is 29.3 Å². The molecule has 1 aromatic heterocycles. The standard InChI is InChI=1S/C16H22N.C7H7.2ClH.Ti/c1-15(2,3)11-8-7-9-13-14(11)12(10-17-13)16(4,5)6;1-2-6-4-5-7(6)3-1;;;/h7-9,17H,1-6H3;1-3H,4-5H2;2*1H;/q;;;;+2/p-2. The van der Waals surface area contributed by atoms with E-state index in [9.17, 15) is 0 Å². The van der Waals surface area contributed by atoms with Gasteiger partial charge in [-0.25, -0.2) is 0 Å². The maximum Gasteiger partial charge on any atom is -1.00 e. The van der Waals surface area contributed by atoms with Crippen LogP contribution in [0.5, 0.6) is 0 Å². The van der Waals surface area contributed by atoms with Crippen LogP contribution in [0.25, 0.3) is 10.9 Å². The molecule has 0 saturated heterocycles. The molecule has 4 heteroatoms. The molecule has 0 spiro atoms. The monoisotopic (exact) mass is 437 g/mol. The number of rotatable bonds is 2. The van der Waals surface area contributed by atoms with Gasteiger partial charge in [0.15, 0.2) is 0 Å². The van der Waals surface area contributed by atoms with Crippen molar-refractivity contribution >= 4 is 14.9 Å². The summed E-state index contributed by atoms with van der Waals surface area (Å²) in [5.41, 5.74) is 6.39. The third-order valence-electron chi connectivity index (χ3n) is 5.77. The van der Waals surface area contributed by atoms with Gasteiger partial charge in [-0.15, -0.1) is 0 Å². The van der Waals surface area contributed by atoms with E-state index in [1.54, 1.807) is 15.1 Å². The second-order valence-electron chi connectivity index (χ2n) is 9.75. The molecule has 2 aliphatic carbocycles. The summed E-state index contributed by atoms with van der Waals surface area (Å²) in [5.74, 6) is 0. The van der Waals surface area contributed by atoms with E-state index < -0.39 is 0 Å². The molecule has 1 unspecified atom stereocenters. The van der Waals surface area contributed by atoms with Gasteiger partial charge in [-0.3, -0.25) is 0 Å². The van der Waals surface area contributed by atoms with Crippen LogP contribution < -0.4 is 28.8 Å². The third kappa shape index (κ3) is 3.74. The number of hydrogen-bond acceptors (Lipinski definition) is 0. The third-order valence-corrected chi connectivity index (χ3v) is 8.59. The normalized spacial score (nSPS) is 20.9. The van der Waals surface area contributed by atoms with Gasteiger partial charge in [0.1, 0.15) is 0 Å². The molecule has 144 valence electrons. The van der Waals surface area contributed by atoms with E-state index in [0.29, 0.717) is 3.72 Å². The first-order chi connectivity index (χ1) is 11.6. The molecular weight excluding hydrogens is 409 g/mol. The summed E-state index contributed by atoms with van der Waals surface area (Å²) >= 11 is -0.276. The van der Waals surface area contributed by atoms with Crippen LogP contribution >= 0.6 is 0 Å². The van der Waals surface area contributed by atoms with Crippen molar-refractivity contribution in [2.45, 2.75) is 68.9 Å². The van der Waals surface area contributed by atoms with E-state index in [2.05, 4.69) is 83.0 Å². The first-order valence-electron chi connectivity index (χ1n) is 9.45. The summed E-state index contributed by atoms with van der Waals surface area (Å²) in [6.45, 7) is 14.1. The van der Waals surface area contributed by atoms with Crippen LogP contribution in [-0.4, -0.2) is 4.98 Å². The maximum absolute atomic E-state index is 3.88. The van der Waals surface area contributed by atoms with Gasteiger partial charge < -0.3 is 24.8 Å². The number of nitrogens with one attached hydrogen (secondary N) is 1. The van der Waals surface area contributed by atoms with Crippen molar-refractivity contribution < 1.29 is 44.0 Å². The van der Waals surface area contributed by atoms with E-state index in [1.807, 2.05) is 0 Å². The molecule has 0 radical (unpaired) electrons. The molecule has 0 bridgehead atoms. The molecule has 27 heavy (non-hydrogen) atoms. The predicted molar refractivity (Wildman–Crippen MR) is 104 cm³/mol. The summed E-state index contributed by atoms with van der Waals surface area (Å²) in [5, 5.41) is 1.49. The topological polar surface area (TPSA) is 15.8 Å². The van der Waals surface area contributed by atoms with Gasteiger partial charge in [-0.05, 0) is 0 Å². The minimum absolute atomic E-state index is 0. The Morgan fingerprint density at radius 1 is 1.00 bits per heavy atom. The van der Waals surface area contributed by atoms with Gasteiger partial charge in [-0.2, -0.15) is 0 Å². The average Bonchev–Trinajstić information content (AvgIpc) is 2.97. The molecule has 1 N–H and O–H groups in total. The van der Waals surface area contributed by atoms with Gasteiger partial charge in [0.05, 0.1) is 0 Å². The zero-order valence-electron chi connectivity index (χ0n) is 17.1. The second kappa shape index (κ2) is 7.41. The molecule has 1 atom stereocenters. The number of aromatic nitrogens is 1. The van der Waals surface area contributed by atoms with Gasteiger partial charge in [0.25, 0.3) is 0 Å². The number of benzene rings is 1. The Balaban J connectivity index is 0.00000131. The fourth-order valence-corrected chi connectivity index (χ4v) is 7.64. The van der Waals surface area contributed by atoms with Crippen LogP contribution in [0.3, 0.4) is 0 Å². The molecule has 1 heterocycles. The zero-order chi connectivity index (χ0) is 18.0. The average molecular weight is 438 g/mol. The maximum atomic E-state index is 3.88. The fraction of sp³-hybridized carbons (Fsp3) is 0.478. The van der Waals surface area contributed by atoms with Crippen LogP contribution in [0.15, 0.2) is 42.0 Å². The smallest absolute Gasteiger partial charge is 1.00 e. The minimum atomic E-state index is -0.276. The fourth-order valence-electron chi connectivity index (χ4n) is 4.41. The van der Waals surface area contributed by atoms with Crippen molar-refractivity contribution in [3.63, 3.8) is 0 Å². The Bertz CT molecular complexity index is 909. The molecule has 2 aliphatic rings. The number of H-pyrrole nitrogens is 1. The molecule has 4 rings (SSSR count). The number of aromatic amines is 1. The molecule has 1 aromatic carbocycles. The summed E-state index contributed by atoms with van der Waals surface area (Å²) < 4.78 is 1.99. The van der Waals surface area contributed by atoms with Crippen molar-refractivity contribution in [3.8, 4) is 0 Å². The van der Waals surface area contributed by atoms with Crippen molar-refractivity contribution in [2.24, 2.45) is 0 Å². The molecular formula is C23H29Cl2NTi. The van der Waals surface area contributed by atoms with Gasteiger partial charge >= 0.3 is 161 Å². The van der Waals surface area contributed by atoms with Gasteiger partial charge in [-0.1, -0.05) is 0 Å². The van der Waals surface area contributed by atoms with Crippen LogP contribution in [0, 0.1) is 0 Å². The predicted octanol–water partition coefficient (Wildman–Crippen LogP) is -0.0726.